The molecule has 1 aliphatic rings. The van der Waals surface area contributed by atoms with Gasteiger partial charge in [0.05, 0.1) is 16.5 Å². The maximum atomic E-state index is 13.2. The first-order valence-electron chi connectivity index (χ1n) is 10.9. The van der Waals surface area contributed by atoms with Crippen LogP contribution in [0.2, 0.25) is 0 Å². The highest BCUT2D eigenvalue weighted by Gasteiger charge is 2.32. The van der Waals surface area contributed by atoms with Crippen molar-refractivity contribution in [3.63, 3.8) is 0 Å². The summed E-state index contributed by atoms with van der Waals surface area (Å²) in [6.45, 7) is 5.16. The molecule has 1 amide bonds. The Kier molecular flexibility index (Phi) is 6.52. The van der Waals surface area contributed by atoms with E-state index in [0.717, 1.165) is 17.5 Å². The second kappa shape index (κ2) is 9.33. The highest BCUT2D eigenvalue weighted by molar-refractivity contribution is 7.89. The van der Waals surface area contributed by atoms with Gasteiger partial charge in [0.25, 0.3) is 0 Å². The molecule has 32 heavy (non-hydrogen) atoms. The van der Waals surface area contributed by atoms with Crippen molar-refractivity contribution in [1.82, 2.24) is 29.6 Å². The average molecular weight is 457 g/mol. The van der Waals surface area contributed by atoms with E-state index in [1.807, 2.05) is 16.8 Å². The number of carbonyl (C=O) groups is 1. The minimum absolute atomic E-state index is 0.0472. The number of nitrogens with zero attached hydrogens (tertiary/aromatic N) is 5. The molecule has 1 N–H and O–H groups in total. The maximum Gasteiger partial charge on any atom is 0.243 e. The summed E-state index contributed by atoms with van der Waals surface area (Å²) in [6.07, 6.45) is 5.29. The fourth-order valence-electron chi connectivity index (χ4n) is 3.92. The Balaban J connectivity index is 1.39. The number of rotatable bonds is 7. The number of aromatic nitrogens is 4. The van der Waals surface area contributed by atoms with Crippen molar-refractivity contribution < 1.29 is 13.2 Å². The van der Waals surface area contributed by atoms with Gasteiger partial charge < -0.3 is 5.32 Å². The summed E-state index contributed by atoms with van der Waals surface area (Å²) in [6, 6.07) is 8.89. The van der Waals surface area contributed by atoms with Crippen LogP contribution in [0.4, 0.5) is 0 Å². The van der Waals surface area contributed by atoms with Crippen LogP contribution in [0.15, 0.2) is 47.6 Å². The molecular weight excluding hydrogens is 428 g/mol. The normalized spacial score (nSPS) is 16.8. The Morgan fingerprint density at radius 1 is 1.25 bits per heavy atom. The van der Waals surface area contributed by atoms with Crippen molar-refractivity contribution in [2.45, 2.75) is 50.6 Å². The van der Waals surface area contributed by atoms with Gasteiger partial charge in [0.2, 0.25) is 15.9 Å². The number of amides is 1. The van der Waals surface area contributed by atoms with E-state index >= 15 is 0 Å². The summed E-state index contributed by atoms with van der Waals surface area (Å²) in [7, 11) is -3.66. The number of carbonyl (C=O) groups excluding carboxylic acids is 1. The molecule has 0 radical (unpaired) electrons. The quantitative estimate of drug-likeness (QED) is 0.585. The third-order valence-corrected chi connectivity index (χ3v) is 8.00. The first kappa shape index (κ1) is 22.3. The molecule has 9 nitrogen and oxygen atoms in total. The number of hydrogen-bond donors (Lipinski definition) is 1. The van der Waals surface area contributed by atoms with Crippen molar-refractivity contribution in [2.24, 2.45) is 5.92 Å². The number of benzene rings is 1. The summed E-state index contributed by atoms with van der Waals surface area (Å²) in [5.74, 6) is -0.245. The molecule has 0 saturated carbocycles. The van der Waals surface area contributed by atoms with Gasteiger partial charge in [0.1, 0.15) is 5.52 Å². The summed E-state index contributed by atoms with van der Waals surface area (Å²) >= 11 is 0. The number of nitrogens with one attached hydrogen (secondary N) is 1. The van der Waals surface area contributed by atoms with Crippen LogP contribution in [0.3, 0.4) is 0 Å². The van der Waals surface area contributed by atoms with E-state index < -0.39 is 10.0 Å². The number of sulfonamides is 1. The van der Waals surface area contributed by atoms with E-state index in [-0.39, 0.29) is 22.8 Å². The van der Waals surface area contributed by atoms with Crippen LogP contribution < -0.4 is 5.32 Å². The van der Waals surface area contributed by atoms with Crippen molar-refractivity contribution in [1.29, 1.82) is 0 Å². The molecule has 4 rings (SSSR count). The average Bonchev–Trinajstić information content (AvgIpc) is 3.26. The Bertz CT molecular complexity index is 1190. The Hall–Kier alpha value is -2.85. The zero-order valence-corrected chi connectivity index (χ0v) is 19.1. The minimum atomic E-state index is -3.66. The van der Waals surface area contributed by atoms with Gasteiger partial charge in [-0.25, -0.2) is 13.1 Å². The van der Waals surface area contributed by atoms with Crippen LogP contribution >= 0.6 is 0 Å². The van der Waals surface area contributed by atoms with E-state index in [1.165, 1.54) is 4.31 Å². The smallest absolute Gasteiger partial charge is 0.243 e. The zero-order valence-electron chi connectivity index (χ0n) is 18.3. The SMILES string of the molecule is CC[C@H](C)n1nnc2cc(S(=O)(=O)N3CCC(C(=O)NCc4cccnc4)CC3)ccc21. The van der Waals surface area contributed by atoms with Crippen LogP contribution in [0, 0.1) is 5.92 Å². The lowest BCUT2D eigenvalue weighted by Gasteiger charge is -2.30. The summed E-state index contributed by atoms with van der Waals surface area (Å²) in [5.41, 5.74) is 2.32. The van der Waals surface area contributed by atoms with Gasteiger partial charge in [0, 0.05) is 37.9 Å². The topological polar surface area (TPSA) is 110 Å². The molecule has 1 saturated heterocycles. The van der Waals surface area contributed by atoms with E-state index in [4.69, 9.17) is 0 Å². The molecular formula is C22H28N6O3S. The van der Waals surface area contributed by atoms with Gasteiger partial charge in [-0.15, -0.1) is 5.10 Å². The van der Waals surface area contributed by atoms with E-state index in [0.29, 0.717) is 38.0 Å². The zero-order chi connectivity index (χ0) is 22.7. The monoisotopic (exact) mass is 456 g/mol. The molecule has 3 aromatic rings. The van der Waals surface area contributed by atoms with Gasteiger partial charge >= 0.3 is 0 Å². The molecule has 3 heterocycles. The predicted octanol–water partition coefficient (Wildman–Crippen LogP) is 2.51. The van der Waals surface area contributed by atoms with E-state index in [9.17, 15) is 13.2 Å². The molecule has 0 aliphatic carbocycles. The van der Waals surface area contributed by atoms with Crippen LogP contribution in [0.1, 0.15) is 44.7 Å². The molecule has 0 spiro atoms. The number of pyridine rings is 1. The van der Waals surface area contributed by atoms with Gasteiger partial charge in [-0.3, -0.25) is 9.78 Å². The third kappa shape index (κ3) is 4.51. The van der Waals surface area contributed by atoms with Crippen LogP contribution in [0.25, 0.3) is 11.0 Å². The predicted molar refractivity (Wildman–Crippen MR) is 120 cm³/mol. The van der Waals surface area contributed by atoms with E-state index in [2.05, 4.69) is 34.5 Å². The summed E-state index contributed by atoms with van der Waals surface area (Å²) in [4.78, 5) is 16.8. The first-order chi connectivity index (χ1) is 15.4. The molecule has 170 valence electrons. The van der Waals surface area contributed by atoms with Crippen molar-refractivity contribution in [3.05, 3.63) is 48.3 Å². The van der Waals surface area contributed by atoms with Crippen LogP contribution in [-0.4, -0.2) is 51.7 Å². The number of piperidine rings is 1. The second-order valence-electron chi connectivity index (χ2n) is 8.20. The lowest BCUT2D eigenvalue weighted by molar-refractivity contribution is -0.126. The molecule has 0 unspecified atom stereocenters. The van der Waals surface area contributed by atoms with Crippen LogP contribution in [-0.2, 0) is 21.4 Å². The Morgan fingerprint density at radius 2 is 2.03 bits per heavy atom. The number of fused-ring (bicyclic) bond motifs is 1. The fourth-order valence-corrected chi connectivity index (χ4v) is 5.41. The largest absolute Gasteiger partial charge is 0.352 e. The highest BCUT2D eigenvalue weighted by atomic mass is 32.2. The maximum absolute atomic E-state index is 13.2. The summed E-state index contributed by atoms with van der Waals surface area (Å²) < 4.78 is 29.6. The second-order valence-corrected chi connectivity index (χ2v) is 10.1. The minimum Gasteiger partial charge on any atom is -0.352 e. The number of hydrogen-bond acceptors (Lipinski definition) is 6. The molecule has 10 heteroatoms. The Morgan fingerprint density at radius 3 is 2.72 bits per heavy atom. The Labute approximate surface area is 187 Å². The van der Waals surface area contributed by atoms with Gasteiger partial charge in [-0.2, -0.15) is 4.31 Å². The van der Waals surface area contributed by atoms with Crippen molar-refractivity contribution in [3.8, 4) is 0 Å². The van der Waals surface area contributed by atoms with Gasteiger partial charge in [0.15, 0.2) is 0 Å². The summed E-state index contributed by atoms with van der Waals surface area (Å²) in [5, 5.41) is 11.3. The first-order valence-corrected chi connectivity index (χ1v) is 12.4. The van der Waals surface area contributed by atoms with Crippen LogP contribution in [0.5, 0.6) is 0 Å². The molecule has 2 aromatic heterocycles. The lowest BCUT2D eigenvalue weighted by Crippen LogP contribution is -2.42. The fraction of sp³-hybridized carbons (Fsp3) is 0.455. The van der Waals surface area contributed by atoms with Gasteiger partial charge in [-0.05, 0) is 56.0 Å². The molecule has 1 fully saturated rings. The third-order valence-electron chi connectivity index (χ3n) is 6.10. The van der Waals surface area contributed by atoms with Gasteiger partial charge in [-0.1, -0.05) is 18.2 Å². The van der Waals surface area contributed by atoms with E-state index in [1.54, 1.807) is 30.6 Å². The lowest BCUT2D eigenvalue weighted by atomic mass is 9.97. The highest BCUT2D eigenvalue weighted by Crippen LogP contribution is 2.27. The molecule has 1 aliphatic heterocycles. The van der Waals surface area contributed by atoms with Crippen molar-refractivity contribution >= 4 is 27.0 Å². The molecule has 1 aromatic carbocycles. The standard InChI is InChI=1S/C22H28N6O3S/c1-3-16(2)28-21-7-6-19(13-20(21)25-26-28)32(30,31)27-11-8-18(9-12-27)22(29)24-15-17-5-4-10-23-14-17/h4-7,10,13-14,16,18H,3,8-9,11-12,15H2,1-2H3,(H,24,29)/t16-/m0/s1. The molecule has 1 atom stereocenters. The molecule has 0 bridgehead atoms. The van der Waals surface area contributed by atoms with Crippen molar-refractivity contribution in [2.75, 3.05) is 13.1 Å².